The number of primary sulfonamides is 1. The minimum atomic E-state index is -3.92. The normalized spacial score (nSPS) is 11.8. The van der Waals surface area contributed by atoms with Gasteiger partial charge in [0.05, 0.1) is 4.90 Å². The number of carbonyl (C=O) groups is 1. The van der Waals surface area contributed by atoms with Gasteiger partial charge in [-0.05, 0) is 45.4 Å². The van der Waals surface area contributed by atoms with Gasteiger partial charge in [-0.2, -0.15) is 0 Å². The molecular weight excluding hydrogens is 300 g/mol. The maximum Gasteiger partial charge on any atom is 0.254 e. The smallest absolute Gasteiger partial charge is 0.254 e. The van der Waals surface area contributed by atoms with E-state index in [9.17, 15) is 13.2 Å². The Labute approximate surface area is 124 Å². The number of rotatable bonds is 4. The number of nitrogens with zero attached hydrogens (tertiary/aromatic N) is 1. The molecule has 0 aromatic heterocycles. The van der Waals surface area contributed by atoms with Crippen molar-refractivity contribution in [2.24, 2.45) is 5.14 Å². The van der Waals surface area contributed by atoms with Crippen LogP contribution in [0.4, 0.5) is 0 Å². The van der Waals surface area contributed by atoms with Crippen LogP contribution in [0.5, 0.6) is 0 Å². The highest BCUT2D eigenvalue weighted by atomic mass is 35.5. The first-order chi connectivity index (χ1) is 9.09. The Morgan fingerprint density at radius 1 is 1.40 bits per heavy atom. The zero-order valence-corrected chi connectivity index (χ0v) is 13.5. The van der Waals surface area contributed by atoms with Crippen LogP contribution in [0.3, 0.4) is 0 Å². The molecule has 0 atom stereocenters. The molecule has 0 saturated carbocycles. The Balaban J connectivity index is 3.42. The molecule has 7 heteroatoms. The summed E-state index contributed by atoms with van der Waals surface area (Å²) in [4.78, 5) is 13.9. The number of amides is 1. The van der Waals surface area contributed by atoms with Gasteiger partial charge in [-0.1, -0.05) is 11.6 Å². The van der Waals surface area contributed by atoms with Crippen molar-refractivity contribution < 1.29 is 13.2 Å². The quantitative estimate of drug-likeness (QED) is 0.923. The molecule has 1 aromatic carbocycles. The lowest BCUT2D eigenvalue weighted by Crippen LogP contribution is -2.36. The van der Waals surface area contributed by atoms with Crippen LogP contribution >= 0.6 is 11.6 Å². The van der Waals surface area contributed by atoms with E-state index in [0.717, 1.165) is 0 Å². The molecule has 2 N–H and O–H groups in total. The molecule has 0 spiro atoms. The fourth-order valence-electron chi connectivity index (χ4n) is 1.98. The highest BCUT2D eigenvalue weighted by molar-refractivity contribution is 7.89. The number of hydrogen-bond donors (Lipinski definition) is 1. The average molecular weight is 319 g/mol. The van der Waals surface area contributed by atoms with Crippen LogP contribution in [0, 0.1) is 6.92 Å². The Hall–Kier alpha value is -1.11. The average Bonchev–Trinajstić information content (AvgIpc) is 2.31. The van der Waals surface area contributed by atoms with Crippen LogP contribution in [0.2, 0.25) is 5.02 Å². The first-order valence-electron chi connectivity index (χ1n) is 6.23. The summed E-state index contributed by atoms with van der Waals surface area (Å²) in [5, 5.41) is 5.36. The van der Waals surface area contributed by atoms with Gasteiger partial charge in [0, 0.05) is 23.2 Å². The van der Waals surface area contributed by atoms with Crippen LogP contribution in [0.15, 0.2) is 17.0 Å². The number of halogens is 1. The summed E-state index contributed by atoms with van der Waals surface area (Å²) in [7, 11) is -3.92. The molecule has 0 saturated heterocycles. The molecule has 20 heavy (non-hydrogen) atoms. The van der Waals surface area contributed by atoms with Crippen molar-refractivity contribution >= 4 is 27.5 Å². The van der Waals surface area contributed by atoms with Crippen molar-refractivity contribution in [1.82, 2.24) is 4.90 Å². The van der Waals surface area contributed by atoms with Gasteiger partial charge in [0.15, 0.2) is 0 Å². The third kappa shape index (κ3) is 3.50. The summed E-state index contributed by atoms with van der Waals surface area (Å²) in [6.45, 7) is 7.70. The minimum absolute atomic E-state index is 0.00510. The van der Waals surface area contributed by atoms with E-state index in [1.54, 1.807) is 11.8 Å². The van der Waals surface area contributed by atoms with Crippen LogP contribution in [-0.2, 0) is 10.0 Å². The standard InChI is InChI=1S/C13H19ClN2O3S/c1-5-16(8(2)3)13(17)10-6-11(14)9(4)12(7-10)20(15,18)19/h6-8H,5H2,1-4H3,(H2,15,18,19). The van der Waals surface area contributed by atoms with Crippen molar-refractivity contribution in [3.63, 3.8) is 0 Å². The SMILES string of the molecule is CCN(C(=O)c1cc(Cl)c(C)c(S(N)(=O)=O)c1)C(C)C. The van der Waals surface area contributed by atoms with E-state index in [2.05, 4.69) is 0 Å². The van der Waals surface area contributed by atoms with E-state index < -0.39 is 10.0 Å². The highest BCUT2D eigenvalue weighted by Gasteiger charge is 2.22. The molecule has 0 radical (unpaired) electrons. The van der Waals surface area contributed by atoms with Crippen molar-refractivity contribution in [2.45, 2.75) is 38.6 Å². The number of hydrogen-bond acceptors (Lipinski definition) is 3. The third-order valence-electron chi connectivity index (χ3n) is 3.08. The molecule has 0 heterocycles. The first-order valence-corrected chi connectivity index (χ1v) is 8.16. The number of benzene rings is 1. The second-order valence-corrected chi connectivity index (χ2v) is 6.75. The Bertz CT molecular complexity index is 627. The first kappa shape index (κ1) is 16.9. The van der Waals surface area contributed by atoms with Crippen molar-refractivity contribution in [3.8, 4) is 0 Å². The van der Waals surface area contributed by atoms with E-state index in [1.165, 1.54) is 12.1 Å². The fraction of sp³-hybridized carbons (Fsp3) is 0.462. The summed E-state index contributed by atoms with van der Waals surface area (Å²) in [6.07, 6.45) is 0. The van der Waals surface area contributed by atoms with Crippen LogP contribution in [-0.4, -0.2) is 31.8 Å². The molecule has 0 bridgehead atoms. The molecule has 0 aliphatic heterocycles. The Kier molecular flexibility index (Phi) is 5.18. The fourth-order valence-corrected chi connectivity index (χ4v) is 3.09. The minimum Gasteiger partial charge on any atom is -0.337 e. The van der Waals surface area contributed by atoms with Crippen LogP contribution in [0.25, 0.3) is 0 Å². The molecule has 1 aromatic rings. The van der Waals surface area contributed by atoms with E-state index in [-0.39, 0.29) is 27.4 Å². The van der Waals surface area contributed by atoms with Gasteiger partial charge in [-0.25, -0.2) is 13.6 Å². The largest absolute Gasteiger partial charge is 0.337 e. The van der Waals surface area contributed by atoms with Gasteiger partial charge in [0.2, 0.25) is 10.0 Å². The van der Waals surface area contributed by atoms with E-state index in [0.29, 0.717) is 12.1 Å². The molecule has 0 aliphatic rings. The lowest BCUT2D eigenvalue weighted by molar-refractivity contribution is 0.0716. The maximum atomic E-state index is 12.4. The summed E-state index contributed by atoms with van der Waals surface area (Å²) >= 11 is 6.01. The van der Waals surface area contributed by atoms with E-state index in [1.807, 2.05) is 20.8 Å². The summed E-state index contributed by atoms with van der Waals surface area (Å²) in [5.41, 5.74) is 0.568. The second-order valence-electron chi connectivity index (χ2n) is 4.81. The summed E-state index contributed by atoms with van der Waals surface area (Å²) < 4.78 is 23.1. The topological polar surface area (TPSA) is 80.5 Å². The Morgan fingerprint density at radius 3 is 2.35 bits per heavy atom. The summed E-state index contributed by atoms with van der Waals surface area (Å²) in [5.74, 6) is -0.269. The van der Waals surface area contributed by atoms with Gasteiger partial charge >= 0.3 is 0 Å². The number of carbonyl (C=O) groups excluding carboxylic acids is 1. The Morgan fingerprint density at radius 2 is 1.95 bits per heavy atom. The molecule has 5 nitrogen and oxygen atoms in total. The third-order valence-corrected chi connectivity index (χ3v) is 4.50. The van der Waals surface area contributed by atoms with Crippen molar-refractivity contribution in [3.05, 3.63) is 28.3 Å². The lowest BCUT2D eigenvalue weighted by atomic mass is 10.1. The molecule has 0 aliphatic carbocycles. The molecular formula is C13H19ClN2O3S. The van der Waals surface area contributed by atoms with Gasteiger partial charge < -0.3 is 4.90 Å². The zero-order chi connectivity index (χ0) is 15.7. The number of nitrogens with two attached hydrogens (primary N) is 1. The van der Waals surface area contributed by atoms with E-state index >= 15 is 0 Å². The summed E-state index contributed by atoms with van der Waals surface area (Å²) in [6, 6.07) is 2.76. The highest BCUT2D eigenvalue weighted by Crippen LogP contribution is 2.25. The van der Waals surface area contributed by atoms with Crippen LogP contribution in [0.1, 0.15) is 36.7 Å². The monoisotopic (exact) mass is 318 g/mol. The number of sulfonamides is 1. The second kappa shape index (κ2) is 6.11. The molecule has 0 unspecified atom stereocenters. The molecule has 1 rings (SSSR count). The maximum absolute atomic E-state index is 12.4. The molecule has 1 amide bonds. The predicted octanol–water partition coefficient (Wildman–Crippen LogP) is 2.17. The van der Waals surface area contributed by atoms with Gasteiger partial charge in [-0.15, -0.1) is 0 Å². The van der Waals surface area contributed by atoms with Crippen LogP contribution < -0.4 is 5.14 Å². The van der Waals surface area contributed by atoms with Crippen molar-refractivity contribution in [2.75, 3.05) is 6.54 Å². The predicted molar refractivity (Wildman–Crippen MR) is 79.4 cm³/mol. The van der Waals surface area contributed by atoms with Crippen molar-refractivity contribution in [1.29, 1.82) is 0 Å². The van der Waals surface area contributed by atoms with Gasteiger partial charge in [-0.3, -0.25) is 4.79 Å². The lowest BCUT2D eigenvalue weighted by Gasteiger charge is -2.25. The molecule has 112 valence electrons. The van der Waals surface area contributed by atoms with Gasteiger partial charge in [0.1, 0.15) is 0 Å². The zero-order valence-electron chi connectivity index (χ0n) is 12.0. The van der Waals surface area contributed by atoms with E-state index in [4.69, 9.17) is 16.7 Å². The molecule has 0 fully saturated rings. The van der Waals surface area contributed by atoms with Gasteiger partial charge in [0.25, 0.3) is 5.91 Å².